The average Bonchev–Trinajstić information content (AvgIpc) is 2.79. The normalized spacial score (nSPS) is 16.3. The monoisotopic (exact) mass is 404 g/mol. The molecule has 2 heterocycles. The number of aromatic nitrogens is 1. The first kappa shape index (κ1) is 20.1. The quantitative estimate of drug-likeness (QED) is 0.611. The summed E-state index contributed by atoms with van der Waals surface area (Å²) in [6.07, 6.45) is 2.66. The first-order valence-corrected chi connectivity index (χ1v) is 10.3. The number of methoxy groups -OCH3 is 1. The van der Waals surface area contributed by atoms with Crippen LogP contribution in [0.1, 0.15) is 46.1 Å². The molecule has 5 heteroatoms. The number of pyridine rings is 1. The van der Waals surface area contributed by atoms with Crippen molar-refractivity contribution < 1.29 is 13.9 Å². The summed E-state index contributed by atoms with van der Waals surface area (Å²) in [5, 5.41) is 0. The molecule has 0 bridgehead atoms. The molecule has 0 aliphatic carbocycles. The Kier molecular flexibility index (Phi) is 6.07. The fourth-order valence-corrected chi connectivity index (χ4v) is 3.99. The van der Waals surface area contributed by atoms with Gasteiger partial charge in [-0.25, -0.2) is 4.39 Å². The van der Waals surface area contributed by atoms with Crippen LogP contribution < -0.4 is 4.74 Å². The Hall–Kier alpha value is -3.21. The number of halogens is 1. The molecule has 1 aliphatic heterocycles. The van der Waals surface area contributed by atoms with Crippen LogP contribution in [-0.2, 0) is 6.42 Å². The van der Waals surface area contributed by atoms with Crippen molar-refractivity contribution in [1.82, 2.24) is 9.88 Å². The van der Waals surface area contributed by atoms with Crippen LogP contribution in [0.5, 0.6) is 5.75 Å². The number of piperidine rings is 1. The third-order valence-electron chi connectivity index (χ3n) is 5.57. The van der Waals surface area contributed by atoms with Crippen LogP contribution in [0.25, 0.3) is 0 Å². The fraction of sp³-hybridized carbons (Fsp3) is 0.280. The minimum absolute atomic E-state index is 0.0489. The zero-order valence-corrected chi connectivity index (χ0v) is 17.1. The molecular weight excluding hydrogens is 379 g/mol. The van der Waals surface area contributed by atoms with Crippen LogP contribution in [0.3, 0.4) is 0 Å². The molecule has 1 fully saturated rings. The number of hydrogen-bond acceptors (Lipinski definition) is 3. The molecule has 2 aromatic carbocycles. The van der Waals surface area contributed by atoms with Gasteiger partial charge in [-0.1, -0.05) is 18.2 Å². The van der Waals surface area contributed by atoms with Crippen LogP contribution in [0.2, 0.25) is 0 Å². The number of amides is 1. The van der Waals surface area contributed by atoms with E-state index < -0.39 is 0 Å². The summed E-state index contributed by atoms with van der Waals surface area (Å²) in [5.74, 6) is 0.659. The molecule has 0 radical (unpaired) electrons. The molecule has 1 saturated heterocycles. The number of likely N-dealkylation sites (tertiary alicyclic amines) is 1. The van der Waals surface area contributed by atoms with Crippen molar-refractivity contribution >= 4 is 5.91 Å². The van der Waals surface area contributed by atoms with Crippen LogP contribution in [0.15, 0.2) is 66.7 Å². The van der Waals surface area contributed by atoms with E-state index in [0.29, 0.717) is 12.1 Å². The van der Waals surface area contributed by atoms with Gasteiger partial charge in [0, 0.05) is 42.4 Å². The molecule has 30 heavy (non-hydrogen) atoms. The predicted molar refractivity (Wildman–Crippen MR) is 114 cm³/mol. The minimum atomic E-state index is -0.333. The van der Waals surface area contributed by atoms with Gasteiger partial charge in [0.25, 0.3) is 5.91 Å². The van der Waals surface area contributed by atoms with E-state index in [9.17, 15) is 9.18 Å². The van der Waals surface area contributed by atoms with Crippen molar-refractivity contribution in [3.63, 3.8) is 0 Å². The van der Waals surface area contributed by atoms with Crippen molar-refractivity contribution in [2.45, 2.75) is 25.2 Å². The van der Waals surface area contributed by atoms with Crippen LogP contribution in [0, 0.1) is 5.82 Å². The highest BCUT2D eigenvalue weighted by atomic mass is 19.1. The van der Waals surface area contributed by atoms with Crippen molar-refractivity contribution in [3.8, 4) is 5.75 Å². The summed E-state index contributed by atoms with van der Waals surface area (Å²) in [6.45, 7) is 1.35. The molecular formula is C25H25FN2O2. The van der Waals surface area contributed by atoms with Crippen LogP contribution >= 0.6 is 0 Å². The van der Waals surface area contributed by atoms with Gasteiger partial charge in [-0.05, 0) is 66.9 Å². The van der Waals surface area contributed by atoms with Crippen molar-refractivity contribution in [2.75, 3.05) is 20.2 Å². The van der Waals surface area contributed by atoms with E-state index in [1.54, 1.807) is 19.2 Å². The van der Waals surface area contributed by atoms with E-state index >= 15 is 0 Å². The van der Waals surface area contributed by atoms with E-state index in [1.165, 1.54) is 12.1 Å². The second-order valence-electron chi connectivity index (χ2n) is 7.68. The number of hydrogen-bond donors (Lipinski definition) is 0. The van der Waals surface area contributed by atoms with Gasteiger partial charge in [0.05, 0.1) is 7.11 Å². The molecule has 0 spiro atoms. The second kappa shape index (κ2) is 9.08. The highest BCUT2D eigenvalue weighted by molar-refractivity contribution is 5.94. The summed E-state index contributed by atoms with van der Waals surface area (Å²) >= 11 is 0. The fourth-order valence-electron chi connectivity index (χ4n) is 3.99. The molecule has 154 valence electrons. The number of ether oxygens (including phenoxy) is 1. The molecule has 0 N–H and O–H groups in total. The van der Waals surface area contributed by atoms with Crippen LogP contribution in [-0.4, -0.2) is 36.0 Å². The summed E-state index contributed by atoms with van der Waals surface area (Å²) in [5.41, 5.74) is 3.70. The number of nitrogens with zero attached hydrogens (tertiary/aromatic N) is 2. The highest BCUT2D eigenvalue weighted by Crippen LogP contribution is 2.27. The van der Waals surface area contributed by atoms with Gasteiger partial charge in [0.15, 0.2) is 0 Å². The molecule has 4 rings (SSSR count). The van der Waals surface area contributed by atoms with Gasteiger partial charge in [0.1, 0.15) is 11.6 Å². The first-order valence-electron chi connectivity index (χ1n) is 10.3. The standard InChI is InChI=1S/C25H25FN2O2/c1-30-23-8-2-5-18(16-23)15-22-7-3-9-24(27-22)20-6-4-14-28(17-20)25(29)19-10-12-21(26)13-11-19/h2-3,5,7-13,16,20H,4,6,14-15,17H2,1H3/t20-/m1/s1. The molecule has 1 aliphatic rings. The second-order valence-corrected chi connectivity index (χ2v) is 7.68. The molecule has 0 unspecified atom stereocenters. The zero-order valence-electron chi connectivity index (χ0n) is 17.1. The predicted octanol–water partition coefficient (Wildman–Crippen LogP) is 4.84. The zero-order chi connectivity index (χ0) is 20.9. The smallest absolute Gasteiger partial charge is 0.253 e. The summed E-state index contributed by atoms with van der Waals surface area (Å²) in [4.78, 5) is 19.6. The Morgan fingerprint density at radius 1 is 1.13 bits per heavy atom. The average molecular weight is 404 g/mol. The Morgan fingerprint density at radius 2 is 1.93 bits per heavy atom. The maximum Gasteiger partial charge on any atom is 0.253 e. The first-order chi connectivity index (χ1) is 14.6. The van der Waals surface area contributed by atoms with Gasteiger partial charge < -0.3 is 9.64 Å². The lowest BCUT2D eigenvalue weighted by Crippen LogP contribution is -2.39. The molecule has 1 aromatic heterocycles. The number of benzene rings is 2. The summed E-state index contributed by atoms with van der Waals surface area (Å²) < 4.78 is 18.5. The van der Waals surface area contributed by atoms with Gasteiger partial charge in [-0.3, -0.25) is 9.78 Å². The Bertz CT molecular complexity index is 1020. The number of carbonyl (C=O) groups is 1. The Balaban J connectivity index is 1.47. The van der Waals surface area contributed by atoms with Gasteiger partial charge in [-0.2, -0.15) is 0 Å². The molecule has 1 atom stereocenters. The minimum Gasteiger partial charge on any atom is -0.497 e. The SMILES string of the molecule is COc1cccc(Cc2cccc([C@@H]3CCCN(C(=O)c4ccc(F)cc4)C3)n2)c1. The van der Waals surface area contributed by atoms with Crippen molar-refractivity contribution in [3.05, 3.63) is 95.1 Å². The van der Waals surface area contributed by atoms with Gasteiger partial charge in [0.2, 0.25) is 0 Å². The highest BCUT2D eigenvalue weighted by Gasteiger charge is 2.26. The molecule has 4 nitrogen and oxygen atoms in total. The topological polar surface area (TPSA) is 42.4 Å². The van der Waals surface area contributed by atoms with Gasteiger partial charge >= 0.3 is 0 Å². The third-order valence-corrected chi connectivity index (χ3v) is 5.57. The maximum absolute atomic E-state index is 13.2. The van der Waals surface area contributed by atoms with E-state index in [2.05, 4.69) is 6.07 Å². The maximum atomic E-state index is 13.2. The largest absolute Gasteiger partial charge is 0.497 e. The molecule has 0 saturated carbocycles. The van der Waals surface area contributed by atoms with E-state index in [4.69, 9.17) is 9.72 Å². The van der Waals surface area contributed by atoms with Crippen molar-refractivity contribution in [2.24, 2.45) is 0 Å². The Morgan fingerprint density at radius 3 is 2.73 bits per heavy atom. The van der Waals surface area contributed by atoms with E-state index in [1.807, 2.05) is 41.3 Å². The van der Waals surface area contributed by atoms with E-state index in [0.717, 1.165) is 48.5 Å². The summed E-state index contributed by atoms with van der Waals surface area (Å²) in [7, 11) is 1.67. The van der Waals surface area contributed by atoms with Gasteiger partial charge in [-0.15, -0.1) is 0 Å². The number of carbonyl (C=O) groups excluding carboxylic acids is 1. The Labute approximate surface area is 176 Å². The number of rotatable bonds is 5. The summed E-state index contributed by atoms with van der Waals surface area (Å²) in [6, 6.07) is 19.9. The molecule has 3 aromatic rings. The lowest BCUT2D eigenvalue weighted by atomic mass is 9.93. The van der Waals surface area contributed by atoms with Crippen molar-refractivity contribution in [1.29, 1.82) is 0 Å². The van der Waals surface area contributed by atoms with Crippen LogP contribution in [0.4, 0.5) is 4.39 Å². The molecule has 1 amide bonds. The van der Waals surface area contributed by atoms with E-state index in [-0.39, 0.29) is 17.6 Å². The lowest BCUT2D eigenvalue weighted by Gasteiger charge is -2.32. The lowest BCUT2D eigenvalue weighted by molar-refractivity contribution is 0.0706. The third kappa shape index (κ3) is 4.67.